The molecule has 0 unspecified atom stereocenters. The van der Waals surface area contributed by atoms with Crippen molar-refractivity contribution in [3.8, 4) is 11.3 Å². The lowest BCUT2D eigenvalue weighted by atomic mass is 9.87. The zero-order chi connectivity index (χ0) is 19.1. The van der Waals surface area contributed by atoms with E-state index in [1.54, 1.807) is 0 Å². The van der Waals surface area contributed by atoms with E-state index in [4.69, 9.17) is 4.98 Å². The van der Waals surface area contributed by atoms with Gasteiger partial charge in [0.25, 0.3) is 5.91 Å². The van der Waals surface area contributed by atoms with E-state index in [-0.39, 0.29) is 11.9 Å². The summed E-state index contributed by atoms with van der Waals surface area (Å²) in [6.45, 7) is 0. The molecular weight excluding hydrogens is 366 g/mol. The van der Waals surface area contributed by atoms with Gasteiger partial charge in [-0.3, -0.25) is 9.20 Å². The van der Waals surface area contributed by atoms with Gasteiger partial charge >= 0.3 is 0 Å². The Morgan fingerprint density at radius 1 is 1.14 bits per heavy atom. The molecule has 0 aliphatic heterocycles. The molecule has 2 heterocycles. The lowest BCUT2D eigenvalue weighted by molar-refractivity contribution is 0.0708. The summed E-state index contributed by atoms with van der Waals surface area (Å²) in [6.07, 6.45) is 5.18. The highest BCUT2D eigenvalue weighted by Crippen LogP contribution is 2.34. The second-order valence-electron chi connectivity index (χ2n) is 7.29. The van der Waals surface area contributed by atoms with Gasteiger partial charge in [0.1, 0.15) is 5.69 Å². The van der Waals surface area contributed by atoms with E-state index in [1.807, 2.05) is 58.3 Å². The molecule has 1 atom stereocenters. The standard InChI is InChI=1S/C23H21N3OS/c1-25(20-13-7-11-16-8-5-6-12-18(16)20)22(27)21-15-28-23-24-19(14-26(21)23)17-9-3-2-4-10-17/h2-6,8-10,12,14-15,20H,7,11,13H2,1H3/t20-/m0/s1. The lowest BCUT2D eigenvalue weighted by Gasteiger charge is -2.33. The Labute approximate surface area is 168 Å². The molecule has 4 nitrogen and oxygen atoms in total. The summed E-state index contributed by atoms with van der Waals surface area (Å²) in [7, 11) is 1.92. The van der Waals surface area contributed by atoms with E-state index in [2.05, 4.69) is 24.3 Å². The summed E-state index contributed by atoms with van der Waals surface area (Å²) in [5.74, 6) is 0.0463. The van der Waals surface area contributed by atoms with E-state index < -0.39 is 0 Å². The minimum absolute atomic E-state index is 0.0463. The van der Waals surface area contributed by atoms with Gasteiger partial charge in [-0.05, 0) is 30.4 Å². The van der Waals surface area contributed by atoms with Crippen molar-refractivity contribution in [2.45, 2.75) is 25.3 Å². The highest BCUT2D eigenvalue weighted by molar-refractivity contribution is 7.15. The first-order valence-electron chi connectivity index (χ1n) is 9.59. The fourth-order valence-corrected chi connectivity index (χ4v) is 4.99. The topological polar surface area (TPSA) is 37.6 Å². The molecule has 5 heteroatoms. The number of aryl methyl sites for hydroxylation is 1. The molecule has 0 saturated heterocycles. The molecule has 0 fully saturated rings. The van der Waals surface area contributed by atoms with Crippen LogP contribution in [0.4, 0.5) is 0 Å². The van der Waals surface area contributed by atoms with Crippen LogP contribution in [0.25, 0.3) is 16.2 Å². The smallest absolute Gasteiger partial charge is 0.272 e. The van der Waals surface area contributed by atoms with Crippen molar-refractivity contribution in [2.24, 2.45) is 0 Å². The van der Waals surface area contributed by atoms with Crippen LogP contribution in [0, 0.1) is 0 Å². The number of carbonyl (C=O) groups is 1. The van der Waals surface area contributed by atoms with E-state index >= 15 is 0 Å². The summed E-state index contributed by atoms with van der Waals surface area (Å²) in [5, 5.41) is 1.92. The SMILES string of the molecule is CN(C(=O)c1csc2nc(-c3ccccc3)cn12)[C@H]1CCCc2ccccc21. The normalized spacial score (nSPS) is 16.1. The van der Waals surface area contributed by atoms with Crippen molar-refractivity contribution in [2.75, 3.05) is 7.05 Å². The van der Waals surface area contributed by atoms with Crippen molar-refractivity contribution in [3.63, 3.8) is 0 Å². The number of fused-ring (bicyclic) bond motifs is 2. The zero-order valence-electron chi connectivity index (χ0n) is 15.7. The summed E-state index contributed by atoms with van der Waals surface area (Å²) >= 11 is 1.51. The number of amides is 1. The maximum Gasteiger partial charge on any atom is 0.272 e. The molecule has 28 heavy (non-hydrogen) atoms. The van der Waals surface area contributed by atoms with Crippen molar-refractivity contribution in [3.05, 3.63) is 83.0 Å². The van der Waals surface area contributed by atoms with Crippen molar-refractivity contribution >= 4 is 22.2 Å². The average Bonchev–Trinajstić information content (AvgIpc) is 3.34. The van der Waals surface area contributed by atoms with E-state index in [1.165, 1.54) is 22.5 Å². The molecule has 1 aliphatic carbocycles. The molecule has 140 valence electrons. The first-order chi connectivity index (χ1) is 13.7. The highest BCUT2D eigenvalue weighted by Gasteiger charge is 2.28. The molecule has 2 aromatic heterocycles. The van der Waals surface area contributed by atoms with Crippen molar-refractivity contribution in [1.29, 1.82) is 0 Å². The third-order valence-electron chi connectivity index (χ3n) is 5.62. The van der Waals surface area contributed by atoms with Crippen LogP contribution in [0.5, 0.6) is 0 Å². The van der Waals surface area contributed by atoms with Crippen LogP contribution in [0.1, 0.15) is 40.5 Å². The molecule has 0 spiro atoms. The van der Waals surface area contributed by atoms with Crippen molar-refractivity contribution in [1.82, 2.24) is 14.3 Å². The summed E-state index contributed by atoms with van der Waals surface area (Å²) in [6, 6.07) is 18.7. The summed E-state index contributed by atoms with van der Waals surface area (Å²) in [5.41, 5.74) is 5.29. The molecule has 4 aromatic rings. The van der Waals surface area contributed by atoms with E-state index in [0.29, 0.717) is 5.69 Å². The number of carbonyl (C=O) groups excluding carboxylic acids is 1. The van der Waals surface area contributed by atoms with E-state index in [9.17, 15) is 4.79 Å². The number of rotatable bonds is 3. The van der Waals surface area contributed by atoms with Crippen LogP contribution < -0.4 is 0 Å². The minimum atomic E-state index is 0.0463. The Morgan fingerprint density at radius 3 is 2.79 bits per heavy atom. The molecular formula is C23H21N3OS. The largest absolute Gasteiger partial charge is 0.333 e. The monoisotopic (exact) mass is 387 g/mol. The van der Waals surface area contributed by atoms with Gasteiger partial charge in [-0.2, -0.15) is 0 Å². The molecule has 0 saturated carbocycles. The third kappa shape index (κ3) is 2.83. The molecule has 5 rings (SSSR count). The van der Waals surface area contributed by atoms with Gasteiger partial charge in [0.05, 0.1) is 11.7 Å². The third-order valence-corrected chi connectivity index (χ3v) is 6.46. The first-order valence-corrected chi connectivity index (χ1v) is 10.5. The van der Waals surface area contributed by atoms with Crippen LogP contribution in [-0.4, -0.2) is 27.2 Å². The van der Waals surface area contributed by atoms with Gasteiger partial charge < -0.3 is 4.90 Å². The lowest BCUT2D eigenvalue weighted by Crippen LogP contribution is -2.33. The summed E-state index contributed by atoms with van der Waals surface area (Å²) in [4.78, 5) is 20.8. The van der Waals surface area contributed by atoms with Crippen molar-refractivity contribution < 1.29 is 4.79 Å². The van der Waals surface area contributed by atoms with Crippen LogP contribution in [0.3, 0.4) is 0 Å². The number of thiazole rings is 1. The van der Waals surface area contributed by atoms with Gasteiger partial charge in [0.2, 0.25) is 0 Å². The second kappa shape index (κ2) is 6.91. The van der Waals surface area contributed by atoms with Crippen LogP contribution >= 0.6 is 11.3 Å². The Morgan fingerprint density at radius 2 is 1.93 bits per heavy atom. The highest BCUT2D eigenvalue weighted by atomic mass is 32.1. The van der Waals surface area contributed by atoms with Gasteiger partial charge in [0, 0.05) is 24.2 Å². The Kier molecular flexibility index (Phi) is 4.24. The summed E-state index contributed by atoms with van der Waals surface area (Å²) < 4.78 is 1.93. The fourth-order valence-electron chi connectivity index (χ4n) is 4.14. The Hall–Kier alpha value is -2.92. The first kappa shape index (κ1) is 17.2. The number of nitrogens with zero attached hydrogens (tertiary/aromatic N) is 3. The maximum absolute atomic E-state index is 13.4. The van der Waals surface area contributed by atoms with Gasteiger partial charge in [0.15, 0.2) is 4.96 Å². The van der Waals surface area contributed by atoms with Gasteiger partial charge in [-0.15, -0.1) is 11.3 Å². The quantitative estimate of drug-likeness (QED) is 0.484. The second-order valence-corrected chi connectivity index (χ2v) is 8.13. The maximum atomic E-state index is 13.4. The molecule has 0 radical (unpaired) electrons. The van der Waals surface area contributed by atoms with Crippen LogP contribution in [0.15, 0.2) is 66.2 Å². The van der Waals surface area contributed by atoms with Crippen LogP contribution in [0.2, 0.25) is 0 Å². The average molecular weight is 388 g/mol. The molecule has 1 amide bonds. The molecule has 2 aromatic carbocycles. The number of imidazole rings is 1. The van der Waals surface area contributed by atoms with E-state index in [0.717, 1.165) is 35.5 Å². The number of hydrogen-bond donors (Lipinski definition) is 0. The Balaban J connectivity index is 1.49. The molecule has 0 N–H and O–H groups in total. The van der Waals surface area contributed by atoms with Crippen LogP contribution in [-0.2, 0) is 6.42 Å². The fraction of sp³-hybridized carbons (Fsp3) is 0.217. The molecule has 0 bridgehead atoms. The predicted octanol–water partition coefficient (Wildman–Crippen LogP) is 5.21. The molecule has 1 aliphatic rings. The zero-order valence-corrected chi connectivity index (χ0v) is 16.5. The number of benzene rings is 2. The van der Waals surface area contributed by atoms with Gasteiger partial charge in [-0.25, -0.2) is 4.98 Å². The number of hydrogen-bond acceptors (Lipinski definition) is 3. The Bertz CT molecular complexity index is 1150. The van der Waals surface area contributed by atoms with Gasteiger partial charge in [-0.1, -0.05) is 54.6 Å². The minimum Gasteiger partial charge on any atom is -0.333 e. The number of aromatic nitrogens is 2. The predicted molar refractivity (Wildman–Crippen MR) is 113 cm³/mol.